The number of ether oxygens (including phenoxy) is 1. The van der Waals surface area contributed by atoms with Crippen LogP contribution in [-0.2, 0) is 4.74 Å². The summed E-state index contributed by atoms with van der Waals surface area (Å²) in [5.74, 6) is -2.28. The first-order valence-electron chi connectivity index (χ1n) is 6.32. The minimum Gasteiger partial charge on any atom is -0.305 e. The van der Waals surface area contributed by atoms with Crippen molar-refractivity contribution in [2.45, 2.75) is 12.7 Å². The van der Waals surface area contributed by atoms with Crippen molar-refractivity contribution in [2.24, 2.45) is 0 Å². The van der Waals surface area contributed by atoms with E-state index in [-0.39, 0.29) is 0 Å². The van der Waals surface area contributed by atoms with E-state index in [9.17, 15) is 17.6 Å². The molecule has 2 unspecified atom stereocenters. The van der Waals surface area contributed by atoms with Gasteiger partial charge in [0.05, 0.1) is 0 Å². The van der Waals surface area contributed by atoms with Crippen LogP contribution in [0.2, 0.25) is 0 Å². The second kappa shape index (κ2) is 5.84. The number of alkyl halides is 2. The predicted octanol–water partition coefficient (Wildman–Crippen LogP) is 4.62. The second-order valence-corrected chi connectivity index (χ2v) is 3.61. The molecule has 0 saturated carbocycles. The van der Waals surface area contributed by atoms with Crippen LogP contribution in [0.4, 0.5) is 17.6 Å². The van der Waals surface area contributed by atoms with Crippen LogP contribution in [0.5, 0.6) is 0 Å². The van der Waals surface area contributed by atoms with Gasteiger partial charge in [0.2, 0.25) is 12.7 Å². The van der Waals surface area contributed by atoms with Crippen molar-refractivity contribution in [3.8, 4) is 0 Å². The first kappa shape index (κ1) is 11.0. The second-order valence-electron chi connectivity index (χ2n) is 3.61. The minimum absolute atomic E-state index is 0.856. The van der Waals surface area contributed by atoms with Gasteiger partial charge in [-0.05, 0) is 12.1 Å². The summed E-state index contributed by atoms with van der Waals surface area (Å²) in [4.78, 5) is 0. The van der Waals surface area contributed by atoms with E-state index >= 15 is 0 Å². The molecule has 100 valence electrons. The normalized spacial score (nSPS) is 18.9. The van der Waals surface area contributed by atoms with E-state index < -0.39 is 35.4 Å². The van der Waals surface area contributed by atoms with Crippen LogP contribution in [0.15, 0.2) is 48.5 Å². The highest BCUT2D eigenvalue weighted by Crippen LogP contribution is 2.30. The molecule has 0 aliphatic rings. The molecule has 1 nitrogen and oxygen atoms in total. The molecule has 2 aromatic carbocycles. The fourth-order valence-electron chi connectivity index (χ4n) is 1.43. The third-order valence-electron chi connectivity index (χ3n) is 2.35. The van der Waals surface area contributed by atoms with Crippen molar-refractivity contribution >= 4 is 0 Å². The lowest BCUT2D eigenvalue weighted by Gasteiger charge is -2.15. The van der Waals surface area contributed by atoms with Crippen LogP contribution in [-0.4, -0.2) is 0 Å². The van der Waals surface area contributed by atoms with Gasteiger partial charge in [0.25, 0.3) is 0 Å². The molecule has 5 heteroatoms. The fraction of sp³-hybridized carbons (Fsp3) is 0.143. The van der Waals surface area contributed by atoms with Gasteiger partial charge in [0.15, 0.2) is 0 Å². The summed E-state index contributed by atoms with van der Waals surface area (Å²) in [7, 11) is 0. The quantitative estimate of drug-likeness (QED) is 0.738. The maximum Gasteiger partial charge on any atom is 0.230 e. The largest absolute Gasteiger partial charge is 0.305 e. The summed E-state index contributed by atoms with van der Waals surface area (Å²) in [6.45, 7) is 0. The Labute approximate surface area is 110 Å². The molecule has 0 aromatic heterocycles. The summed E-state index contributed by atoms with van der Waals surface area (Å²) in [6, 6.07) is 8.39. The summed E-state index contributed by atoms with van der Waals surface area (Å²) in [5, 5.41) is 0. The van der Waals surface area contributed by atoms with Gasteiger partial charge < -0.3 is 4.74 Å². The Balaban J connectivity index is 2.36. The number of rotatable bonds is 4. The van der Waals surface area contributed by atoms with Crippen molar-refractivity contribution < 1.29 is 25.0 Å². The zero-order valence-corrected chi connectivity index (χ0v) is 9.54. The zero-order valence-electron chi connectivity index (χ0n) is 11.5. The number of halogens is 4. The van der Waals surface area contributed by atoms with E-state index in [1.165, 1.54) is 24.3 Å². The zero-order chi connectivity index (χ0) is 15.7. The van der Waals surface area contributed by atoms with Crippen LogP contribution >= 0.6 is 0 Å². The van der Waals surface area contributed by atoms with Crippen molar-refractivity contribution in [3.63, 3.8) is 0 Å². The van der Waals surface area contributed by atoms with Gasteiger partial charge in [0, 0.05) is 11.1 Å². The molecular weight excluding hydrogens is 260 g/mol. The number of hydrogen-bond donors (Lipinski definition) is 0. The molecule has 0 aliphatic carbocycles. The molecule has 2 atom stereocenters. The average Bonchev–Trinajstić information content (AvgIpc) is 2.38. The topological polar surface area (TPSA) is 9.23 Å². The summed E-state index contributed by atoms with van der Waals surface area (Å²) < 4.78 is 73.7. The lowest BCUT2D eigenvalue weighted by atomic mass is 10.2. The molecule has 0 spiro atoms. The highest BCUT2D eigenvalue weighted by Gasteiger charge is 2.22. The lowest BCUT2D eigenvalue weighted by Crippen LogP contribution is -2.06. The maximum absolute atomic E-state index is 14.1. The molecule has 0 bridgehead atoms. The van der Waals surface area contributed by atoms with Gasteiger partial charge in [-0.15, -0.1) is 0 Å². The number of benzene rings is 2. The Morgan fingerprint density at radius 3 is 1.53 bits per heavy atom. The van der Waals surface area contributed by atoms with Crippen LogP contribution in [0, 0.1) is 11.6 Å². The maximum atomic E-state index is 14.1. The van der Waals surface area contributed by atoms with Gasteiger partial charge in [-0.1, -0.05) is 36.4 Å². The van der Waals surface area contributed by atoms with E-state index in [0.717, 1.165) is 24.3 Å². The first-order valence-corrected chi connectivity index (χ1v) is 5.32. The Morgan fingerprint density at radius 1 is 0.789 bits per heavy atom. The lowest BCUT2D eigenvalue weighted by molar-refractivity contribution is -0.148. The monoisotopic (exact) mass is 272 g/mol. The third kappa shape index (κ3) is 3.12. The molecule has 19 heavy (non-hydrogen) atoms. The molecule has 0 radical (unpaired) electrons. The van der Waals surface area contributed by atoms with Crippen LogP contribution in [0.25, 0.3) is 0 Å². The van der Waals surface area contributed by atoms with E-state index in [0.29, 0.717) is 0 Å². The molecule has 0 fully saturated rings. The summed E-state index contributed by atoms with van der Waals surface area (Å²) >= 11 is 0. The SMILES string of the molecule is [2H]C(F)(OC([2H])(F)c1ccccc1F)c1ccccc1F. The van der Waals surface area contributed by atoms with E-state index in [1.54, 1.807) is 0 Å². The van der Waals surface area contributed by atoms with Crippen molar-refractivity contribution in [3.05, 3.63) is 71.3 Å². The van der Waals surface area contributed by atoms with Crippen molar-refractivity contribution in [1.82, 2.24) is 0 Å². The average molecular weight is 272 g/mol. The Bertz CT molecular complexity index is 591. The van der Waals surface area contributed by atoms with Gasteiger partial charge in [0.1, 0.15) is 14.4 Å². The minimum atomic E-state index is -3.69. The molecular formula is C14H10F4O. The van der Waals surface area contributed by atoms with Crippen molar-refractivity contribution in [1.29, 1.82) is 0 Å². The Hall–Kier alpha value is -1.88. The molecule has 0 heterocycles. The number of hydrogen-bond acceptors (Lipinski definition) is 1. The molecule has 0 N–H and O–H groups in total. The fourth-order valence-corrected chi connectivity index (χ4v) is 1.43. The van der Waals surface area contributed by atoms with Crippen molar-refractivity contribution in [2.75, 3.05) is 0 Å². The van der Waals surface area contributed by atoms with Gasteiger partial charge in [-0.2, -0.15) is 0 Å². The highest BCUT2D eigenvalue weighted by molar-refractivity contribution is 5.20. The summed E-state index contributed by atoms with van der Waals surface area (Å²) in [6.07, 6.45) is -7.38. The third-order valence-corrected chi connectivity index (χ3v) is 2.35. The molecule has 2 aromatic rings. The van der Waals surface area contributed by atoms with E-state index in [1.807, 2.05) is 0 Å². The predicted molar refractivity (Wildman–Crippen MR) is 61.6 cm³/mol. The highest BCUT2D eigenvalue weighted by atomic mass is 19.2. The first-order chi connectivity index (χ1) is 9.74. The van der Waals surface area contributed by atoms with Crippen LogP contribution in [0.3, 0.4) is 0 Å². The van der Waals surface area contributed by atoms with E-state index in [4.69, 9.17) is 2.74 Å². The molecule has 0 aliphatic heterocycles. The van der Waals surface area contributed by atoms with Crippen LogP contribution in [0.1, 0.15) is 26.5 Å². The smallest absolute Gasteiger partial charge is 0.230 e. The summed E-state index contributed by atoms with van der Waals surface area (Å²) in [5.41, 5.74) is -1.81. The molecule has 0 saturated heterocycles. The van der Waals surface area contributed by atoms with Gasteiger partial charge >= 0.3 is 0 Å². The van der Waals surface area contributed by atoms with Gasteiger partial charge in [-0.3, -0.25) is 0 Å². The van der Waals surface area contributed by atoms with Crippen LogP contribution < -0.4 is 0 Å². The standard InChI is InChI=1S/C14H10F4O/c15-11-7-3-1-5-9(11)13(17)19-14(18)10-6-2-4-8-12(10)16/h1-8,13-14H/i13D,14D. The molecule has 2 rings (SSSR count). The van der Waals surface area contributed by atoms with E-state index in [2.05, 4.69) is 4.74 Å². The Kier molecular flexibility index (Phi) is 3.38. The molecule has 0 amide bonds. The van der Waals surface area contributed by atoms with Gasteiger partial charge in [-0.25, -0.2) is 17.6 Å². The Morgan fingerprint density at radius 2 is 1.16 bits per heavy atom.